The molecule has 0 aromatic heterocycles. The summed E-state index contributed by atoms with van der Waals surface area (Å²) in [6.07, 6.45) is 1.01. The first-order chi connectivity index (χ1) is 16.6. The number of piperidine rings is 1. The predicted octanol–water partition coefficient (Wildman–Crippen LogP) is 3.48. The molecule has 34 heavy (non-hydrogen) atoms. The van der Waals surface area contributed by atoms with Crippen LogP contribution in [0.25, 0.3) is 0 Å². The largest absolute Gasteiger partial charge is 0.374 e. The van der Waals surface area contributed by atoms with E-state index in [0.29, 0.717) is 25.7 Å². The van der Waals surface area contributed by atoms with Crippen molar-refractivity contribution >= 4 is 11.9 Å². The maximum absolute atomic E-state index is 12.9. The zero-order valence-electron chi connectivity index (χ0n) is 19.3. The molecule has 2 aromatic carbocycles. The van der Waals surface area contributed by atoms with E-state index in [0.717, 1.165) is 24.0 Å². The normalized spacial score (nSPS) is 35.9. The van der Waals surface area contributed by atoms with Crippen molar-refractivity contribution < 1.29 is 23.8 Å². The van der Waals surface area contributed by atoms with Gasteiger partial charge in [-0.1, -0.05) is 67.6 Å². The summed E-state index contributed by atoms with van der Waals surface area (Å²) in [5.74, 6) is -0.0686. The number of hydrogen-bond donors (Lipinski definition) is 1. The summed E-state index contributed by atoms with van der Waals surface area (Å²) in [6.45, 7) is 3.28. The first kappa shape index (κ1) is 21.8. The van der Waals surface area contributed by atoms with Crippen LogP contribution in [0.2, 0.25) is 0 Å². The molecular weight excluding hydrogens is 432 g/mol. The lowest BCUT2D eigenvalue weighted by molar-refractivity contribution is -0.203. The average molecular weight is 463 g/mol. The Kier molecular flexibility index (Phi) is 5.43. The van der Waals surface area contributed by atoms with Crippen LogP contribution in [-0.4, -0.2) is 47.4 Å². The van der Waals surface area contributed by atoms with Crippen LogP contribution in [0, 0.1) is 17.8 Å². The van der Waals surface area contributed by atoms with Gasteiger partial charge in [-0.25, -0.2) is 4.79 Å². The lowest BCUT2D eigenvalue weighted by atomic mass is 9.77. The maximum atomic E-state index is 12.9. The van der Waals surface area contributed by atoms with Gasteiger partial charge in [-0.3, -0.25) is 15.0 Å². The number of nitrogens with zero attached hydrogens (tertiary/aromatic N) is 1. The number of benzene rings is 2. The van der Waals surface area contributed by atoms with E-state index in [1.165, 1.54) is 0 Å². The Morgan fingerprint density at radius 2 is 1.71 bits per heavy atom. The minimum atomic E-state index is -0.612. The van der Waals surface area contributed by atoms with Gasteiger partial charge in [0.05, 0.1) is 31.8 Å². The van der Waals surface area contributed by atoms with Crippen molar-refractivity contribution in [2.24, 2.45) is 17.8 Å². The minimum Gasteiger partial charge on any atom is -0.374 e. The molecule has 6 rings (SSSR count). The van der Waals surface area contributed by atoms with E-state index in [4.69, 9.17) is 14.2 Å². The fourth-order valence-corrected chi connectivity index (χ4v) is 6.49. The average Bonchev–Trinajstić information content (AvgIpc) is 3.32. The standard InChI is InChI=1S/C27H30N2O5/c1-17-21-12-20-13-27(16-32-14-18-8-4-2-5-9-18)23(33-15-19-10-6-3-7-11-19)22(20)25(34-27)29(21)26(31)28-24(17)30/h2-11,17,20-23,25H,12-16H2,1H3,(H,28,30,31)/t17-,20-,21-,22-,23-,25+,27-/m0/s1. The lowest BCUT2D eigenvalue weighted by Crippen LogP contribution is -2.68. The third kappa shape index (κ3) is 3.54. The number of imide groups is 1. The molecule has 3 aliphatic heterocycles. The van der Waals surface area contributed by atoms with Crippen LogP contribution in [-0.2, 0) is 32.2 Å². The SMILES string of the molecule is C[C@@H]1C(=O)NC(=O)N2[C@@H]3O[C@]4(COCc5ccccc5)C[C@H](C[C@@H]12)[C@H]3[C@@H]4OCc1ccccc1. The lowest BCUT2D eigenvalue weighted by Gasteiger charge is -2.52. The van der Waals surface area contributed by atoms with Crippen LogP contribution in [0.3, 0.4) is 0 Å². The minimum absolute atomic E-state index is 0.0615. The number of carbonyl (C=O) groups excluding carboxylic acids is 2. The van der Waals surface area contributed by atoms with E-state index in [1.807, 2.05) is 55.5 Å². The van der Waals surface area contributed by atoms with Crippen molar-refractivity contribution in [3.8, 4) is 0 Å². The molecule has 0 unspecified atom stereocenters. The van der Waals surface area contributed by atoms with Crippen LogP contribution in [0.5, 0.6) is 0 Å². The quantitative estimate of drug-likeness (QED) is 0.682. The van der Waals surface area contributed by atoms with Crippen LogP contribution >= 0.6 is 0 Å². The summed E-state index contributed by atoms with van der Waals surface area (Å²) in [4.78, 5) is 26.9. The van der Waals surface area contributed by atoms with E-state index < -0.39 is 11.8 Å². The van der Waals surface area contributed by atoms with Crippen molar-refractivity contribution in [2.45, 2.75) is 57.0 Å². The molecule has 1 saturated carbocycles. The molecule has 1 N–H and O–H groups in total. The highest BCUT2D eigenvalue weighted by atomic mass is 16.6. The molecule has 3 saturated heterocycles. The number of urea groups is 1. The van der Waals surface area contributed by atoms with E-state index in [-0.39, 0.29) is 35.9 Å². The Labute approximate surface area is 199 Å². The van der Waals surface area contributed by atoms with Gasteiger partial charge in [-0.05, 0) is 29.9 Å². The molecule has 4 fully saturated rings. The second-order valence-electron chi connectivity index (χ2n) is 10.1. The summed E-state index contributed by atoms with van der Waals surface area (Å²) >= 11 is 0. The third-order valence-corrected chi connectivity index (χ3v) is 8.07. The molecule has 0 radical (unpaired) electrons. The van der Waals surface area contributed by atoms with Gasteiger partial charge >= 0.3 is 6.03 Å². The molecule has 2 bridgehead atoms. The van der Waals surface area contributed by atoms with Crippen molar-refractivity contribution in [3.63, 3.8) is 0 Å². The van der Waals surface area contributed by atoms with Gasteiger partial charge in [0.15, 0.2) is 0 Å². The van der Waals surface area contributed by atoms with Crippen molar-refractivity contribution in [3.05, 3.63) is 71.8 Å². The molecule has 3 heterocycles. The predicted molar refractivity (Wildman–Crippen MR) is 123 cm³/mol. The second kappa shape index (κ2) is 8.48. The molecule has 2 aromatic rings. The zero-order chi connectivity index (χ0) is 23.3. The smallest absolute Gasteiger partial charge is 0.326 e. The third-order valence-electron chi connectivity index (χ3n) is 8.07. The summed E-state index contributed by atoms with van der Waals surface area (Å²) in [5, 5.41) is 2.52. The van der Waals surface area contributed by atoms with Crippen molar-refractivity contribution in [1.29, 1.82) is 0 Å². The molecule has 7 heteroatoms. The fraction of sp³-hybridized carbons (Fsp3) is 0.481. The van der Waals surface area contributed by atoms with Crippen molar-refractivity contribution in [1.82, 2.24) is 10.2 Å². The zero-order valence-corrected chi connectivity index (χ0v) is 19.3. The Morgan fingerprint density at radius 3 is 2.41 bits per heavy atom. The molecule has 3 amide bonds. The van der Waals surface area contributed by atoms with Crippen molar-refractivity contribution in [2.75, 3.05) is 6.61 Å². The highest BCUT2D eigenvalue weighted by Gasteiger charge is 2.70. The maximum Gasteiger partial charge on any atom is 0.326 e. The number of amides is 3. The van der Waals surface area contributed by atoms with E-state index >= 15 is 0 Å². The number of ether oxygens (including phenoxy) is 3. The molecule has 178 valence electrons. The number of nitrogens with one attached hydrogen (secondary N) is 1. The first-order valence-electron chi connectivity index (χ1n) is 12.1. The number of carbonyl (C=O) groups is 2. The summed E-state index contributed by atoms with van der Waals surface area (Å²) in [6, 6.07) is 19.7. The number of hydrogen-bond acceptors (Lipinski definition) is 5. The topological polar surface area (TPSA) is 77.1 Å². The second-order valence-corrected chi connectivity index (χ2v) is 10.1. The van der Waals surface area contributed by atoms with E-state index in [2.05, 4.69) is 17.4 Å². The Balaban J connectivity index is 1.25. The number of fused-ring (bicyclic) bond motifs is 3. The van der Waals surface area contributed by atoms with Crippen LogP contribution < -0.4 is 5.32 Å². The van der Waals surface area contributed by atoms with Gasteiger partial charge in [0.1, 0.15) is 11.8 Å². The van der Waals surface area contributed by atoms with Crippen LogP contribution in [0.1, 0.15) is 30.9 Å². The van der Waals surface area contributed by atoms with Gasteiger partial charge in [0.2, 0.25) is 5.91 Å². The first-order valence-corrected chi connectivity index (χ1v) is 12.1. The highest BCUT2D eigenvalue weighted by molar-refractivity contribution is 5.98. The van der Waals surface area contributed by atoms with E-state index in [9.17, 15) is 9.59 Å². The Bertz CT molecular complexity index is 1060. The van der Waals surface area contributed by atoms with Gasteiger partial charge in [0.25, 0.3) is 0 Å². The Morgan fingerprint density at radius 1 is 1.03 bits per heavy atom. The van der Waals surface area contributed by atoms with Gasteiger partial charge in [-0.15, -0.1) is 0 Å². The van der Waals surface area contributed by atoms with Crippen LogP contribution in [0.4, 0.5) is 4.79 Å². The van der Waals surface area contributed by atoms with Gasteiger partial charge < -0.3 is 14.2 Å². The summed E-state index contributed by atoms with van der Waals surface area (Å²) in [7, 11) is 0. The molecule has 4 aliphatic rings. The molecule has 1 aliphatic carbocycles. The van der Waals surface area contributed by atoms with Gasteiger partial charge in [0, 0.05) is 12.0 Å². The summed E-state index contributed by atoms with van der Waals surface area (Å²) in [5.41, 5.74) is 1.60. The molecule has 0 spiro atoms. The molecular formula is C27H30N2O5. The molecule has 7 nitrogen and oxygen atoms in total. The fourth-order valence-electron chi connectivity index (χ4n) is 6.49. The Hall–Kier alpha value is -2.74. The van der Waals surface area contributed by atoms with Gasteiger partial charge in [-0.2, -0.15) is 0 Å². The van der Waals surface area contributed by atoms with Crippen LogP contribution in [0.15, 0.2) is 60.7 Å². The summed E-state index contributed by atoms with van der Waals surface area (Å²) < 4.78 is 19.4. The molecule has 7 atom stereocenters. The van der Waals surface area contributed by atoms with E-state index in [1.54, 1.807) is 4.90 Å². The highest BCUT2D eigenvalue weighted by Crippen LogP contribution is 2.59. The monoisotopic (exact) mass is 462 g/mol. The number of rotatable bonds is 7.